The number of methoxy groups -OCH3 is 3. The van der Waals surface area contributed by atoms with Gasteiger partial charge in [-0.15, -0.1) is 13.2 Å². The Morgan fingerprint density at radius 1 is 0.958 bits per heavy atom. The lowest BCUT2D eigenvalue weighted by atomic mass is 10.3. The fourth-order valence-electron chi connectivity index (χ4n) is 2.40. The Bertz CT molecular complexity index is 721. The second kappa shape index (κ2) is 8.04. The third-order valence-corrected chi connectivity index (χ3v) is 3.69. The van der Waals surface area contributed by atoms with Crippen LogP contribution < -0.4 is 17.1 Å². The zero-order chi connectivity index (χ0) is 18.5. The first kappa shape index (κ1) is 19.8. The number of hydrogen-bond acceptors (Lipinski definition) is 6. The van der Waals surface area contributed by atoms with Crippen LogP contribution in [0, 0.1) is 0 Å². The molecule has 134 valence electrons. The topological polar surface area (TPSA) is 93.7 Å². The molecule has 0 aliphatic heterocycles. The summed E-state index contributed by atoms with van der Waals surface area (Å²) < 4.78 is 18.3. The molecule has 0 spiro atoms. The molecule has 0 radical (unpaired) electrons. The smallest absolute Gasteiger partial charge is 0.341 e. The van der Waals surface area contributed by atoms with E-state index in [1.165, 1.54) is 33.5 Å². The van der Waals surface area contributed by atoms with E-state index in [2.05, 4.69) is 13.2 Å². The lowest BCUT2D eigenvalue weighted by molar-refractivity contribution is -0.320. The number of ether oxygens (including phenoxy) is 3. The van der Waals surface area contributed by atoms with Crippen molar-refractivity contribution in [3.8, 4) is 0 Å². The van der Waals surface area contributed by atoms with Crippen molar-refractivity contribution in [1.82, 2.24) is 13.7 Å². The van der Waals surface area contributed by atoms with Crippen LogP contribution >= 0.6 is 0 Å². The van der Waals surface area contributed by atoms with Crippen LogP contribution in [-0.2, 0) is 33.2 Å². The van der Waals surface area contributed by atoms with Crippen molar-refractivity contribution >= 4 is 0 Å². The molecule has 0 aromatic carbocycles. The Labute approximate surface area is 139 Å². The van der Waals surface area contributed by atoms with Gasteiger partial charge in [-0.25, -0.2) is 23.5 Å². The van der Waals surface area contributed by atoms with E-state index < -0.39 is 29.1 Å². The predicted molar refractivity (Wildman–Crippen MR) is 88.1 cm³/mol. The van der Waals surface area contributed by atoms with Crippen LogP contribution in [0.3, 0.4) is 0 Å². The van der Waals surface area contributed by atoms with E-state index in [4.69, 9.17) is 14.2 Å². The van der Waals surface area contributed by atoms with E-state index in [0.29, 0.717) is 0 Å². The average molecular weight is 341 g/mol. The van der Waals surface area contributed by atoms with Gasteiger partial charge in [0.2, 0.25) is 0 Å². The number of hydrogen-bond donors (Lipinski definition) is 0. The van der Waals surface area contributed by atoms with E-state index in [-0.39, 0.29) is 13.1 Å². The lowest BCUT2D eigenvalue weighted by Crippen LogP contribution is -2.64. The van der Waals surface area contributed by atoms with Gasteiger partial charge in [0.05, 0.1) is 13.1 Å². The number of rotatable bonds is 9. The van der Waals surface area contributed by atoms with Gasteiger partial charge in [-0.1, -0.05) is 12.2 Å². The number of nitrogens with zero attached hydrogens (tertiary/aromatic N) is 3. The Morgan fingerprint density at radius 2 is 1.38 bits per heavy atom. The molecule has 0 aliphatic carbocycles. The Kier molecular flexibility index (Phi) is 6.64. The van der Waals surface area contributed by atoms with Crippen molar-refractivity contribution in [3.63, 3.8) is 0 Å². The fraction of sp³-hybridized carbons (Fsp3) is 0.533. The van der Waals surface area contributed by atoms with Crippen molar-refractivity contribution in [1.29, 1.82) is 0 Å². The standard InChI is InChI=1S/C15H23N3O6/c1-7-9-16-12(19)17(10-8-2)14(21)18(13(16)20)15(23-5,24-6)11(3)22-4/h7-8,11H,1-2,9-10H2,3-6H3. The number of aromatic nitrogens is 3. The van der Waals surface area contributed by atoms with Gasteiger partial charge >= 0.3 is 17.1 Å². The van der Waals surface area contributed by atoms with Gasteiger partial charge in [-0.2, -0.15) is 4.57 Å². The normalized spacial score (nSPS) is 12.8. The van der Waals surface area contributed by atoms with E-state index in [1.54, 1.807) is 6.92 Å². The summed E-state index contributed by atoms with van der Waals surface area (Å²) in [7, 11) is 3.92. The van der Waals surface area contributed by atoms with Crippen LogP contribution in [0.2, 0.25) is 0 Å². The van der Waals surface area contributed by atoms with Crippen LogP contribution in [0.15, 0.2) is 39.7 Å². The highest BCUT2D eigenvalue weighted by atomic mass is 16.7. The summed E-state index contributed by atoms with van der Waals surface area (Å²) in [5, 5.41) is 0. The molecule has 0 N–H and O–H groups in total. The summed E-state index contributed by atoms with van der Waals surface area (Å²) in [6.45, 7) is 8.44. The molecule has 1 aromatic heterocycles. The number of allylic oxidation sites excluding steroid dienone is 2. The Hall–Kier alpha value is -2.23. The second-order valence-corrected chi connectivity index (χ2v) is 4.90. The molecule has 0 saturated carbocycles. The van der Waals surface area contributed by atoms with Gasteiger partial charge in [0, 0.05) is 21.3 Å². The summed E-state index contributed by atoms with van der Waals surface area (Å²) in [5.41, 5.74) is -2.55. The van der Waals surface area contributed by atoms with Crippen LogP contribution in [0.25, 0.3) is 0 Å². The third kappa shape index (κ3) is 3.05. The summed E-state index contributed by atoms with van der Waals surface area (Å²) in [5.74, 6) is -1.84. The minimum absolute atomic E-state index is 0.0834. The molecule has 0 fully saturated rings. The minimum Gasteiger partial charge on any atom is -0.374 e. The van der Waals surface area contributed by atoms with Crippen LogP contribution in [0.4, 0.5) is 0 Å². The largest absolute Gasteiger partial charge is 0.374 e. The molecule has 1 unspecified atom stereocenters. The van der Waals surface area contributed by atoms with Crippen molar-refractivity contribution in [2.45, 2.75) is 32.0 Å². The van der Waals surface area contributed by atoms with Crippen molar-refractivity contribution in [3.05, 3.63) is 56.8 Å². The van der Waals surface area contributed by atoms with E-state index in [0.717, 1.165) is 13.7 Å². The van der Waals surface area contributed by atoms with Crippen molar-refractivity contribution in [2.24, 2.45) is 0 Å². The zero-order valence-electron chi connectivity index (χ0n) is 14.4. The van der Waals surface area contributed by atoms with Crippen LogP contribution in [-0.4, -0.2) is 41.1 Å². The van der Waals surface area contributed by atoms with E-state index in [9.17, 15) is 14.4 Å². The Morgan fingerprint density at radius 3 is 1.67 bits per heavy atom. The molecule has 0 bridgehead atoms. The molecule has 1 rings (SSSR count). The first-order valence-electron chi connectivity index (χ1n) is 7.18. The van der Waals surface area contributed by atoms with Gasteiger partial charge in [0.15, 0.2) is 0 Å². The zero-order valence-corrected chi connectivity index (χ0v) is 14.4. The molecular weight excluding hydrogens is 318 g/mol. The maximum Gasteiger partial charge on any atom is 0.341 e. The monoisotopic (exact) mass is 341 g/mol. The molecule has 24 heavy (non-hydrogen) atoms. The quantitative estimate of drug-likeness (QED) is 0.443. The highest BCUT2D eigenvalue weighted by molar-refractivity contribution is 4.89. The van der Waals surface area contributed by atoms with Gasteiger partial charge in [-0.05, 0) is 6.92 Å². The van der Waals surface area contributed by atoms with E-state index >= 15 is 0 Å². The summed E-state index contributed by atoms with van der Waals surface area (Å²) in [4.78, 5) is 37.9. The van der Waals surface area contributed by atoms with Crippen LogP contribution in [0.1, 0.15) is 6.92 Å². The first-order valence-corrected chi connectivity index (χ1v) is 7.18. The molecule has 1 atom stereocenters. The third-order valence-electron chi connectivity index (χ3n) is 3.69. The van der Waals surface area contributed by atoms with Gasteiger partial charge < -0.3 is 14.2 Å². The SMILES string of the molecule is C=CCn1c(=O)n(CC=C)c(=O)n(C(OC)(OC)C(C)OC)c1=O. The highest BCUT2D eigenvalue weighted by Crippen LogP contribution is 2.22. The van der Waals surface area contributed by atoms with E-state index in [1.807, 2.05) is 0 Å². The van der Waals surface area contributed by atoms with Gasteiger partial charge in [0.1, 0.15) is 6.10 Å². The molecular formula is C15H23N3O6. The molecule has 0 aliphatic rings. The molecule has 0 amide bonds. The molecule has 9 nitrogen and oxygen atoms in total. The highest BCUT2D eigenvalue weighted by Gasteiger charge is 2.43. The minimum atomic E-state index is -1.84. The molecule has 9 heteroatoms. The second-order valence-electron chi connectivity index (χ2n) is 4.90. The summed E-state index contributed by atoms with van der Waals surface area (Å²) in [6, 6.07) is 0. The van der Waals surface area contributed by atoms with Gasteiger partial charge in [0.25, 0.3) is 5.91 Å². The Balaban J connectivity index is 4.02. The molecule has 1 heterocycles. The fourth-order valence-corrected chi connectivity index (χ4v) is 2.40. The molecule has 1 aromatic rings. The summed E-state index contributed by atoms with van der Waals surface area (Å²) in [6.07, 6.45) is 1.91. The summed E-state index contributed by atoms with van der Waals surface area (Å²) >= 11 is 0. The maximum absolute atomic E-state index is 12.8. The van der Waals surface area contributed by atoms with Crippen LogP contribution in [0.5, 0.6) is 0 Å². The predicted octanol–water partition coefficient (Wildman–Crippen LogP) is -0.518. The first-order chi connectivity index (χ1) is 11.4. The lowest BCUT2D eigenvalue weighted by Gasteiger charge is -2.35. The molecule has 0 saturated heterocycles. The average Bonchev–Trinajstić information content (AvgIpc) is 2.58. The van der Waals surface area contributed by atoms with Crippen molar-refractivity contribution in [2.75, 3.05) is 21.3 Å². The van der Waals surface area contributed by atoms with Gasteiger partial charge in [-0.3, -0.25) is 0 Å². The van der Waals surface area contributed by atoms with Crippen molar-refractivity contribution < 1.29 is 14.2 Å². The maximum atomic E-state index is 12.8.